The van der Waals surface area contributed by atoms with Gasteiger partial charge in [-0.2, -0.15) is 5.10 Å². The highest BCUT2D eigenvalue weighted by Gasteiger charge is 2.22. The van der Waals surface area contributed by atoms with Crippen LogP contribution in [0.4, 0.5) is 17.1 Å². The molecular formula is C19H24N4O5S. The molecule has 0 aliphatic rings. The quantitative estimate of drug-likeness (QED) is 0.337. The van der Waals surface area contributed by atoms with Crippen molar-refractivity contribution in [1.82, 2.24) is 0 Å². The van der Waals surface area contributed by atoms with Crippen LogP contribution in [-0.2, 0) is 10.0 Å². The van der Waals surface area contributed by atoms with E-state index in [2.05, 4.69) is 15.2 Å². The lowest BCUT2D eigenvalue weighted by molar-refractivity contribution is -0.384. The van der Waals surface area contributed by atoms with Crippen LogP contribution in [0.15, 0.2) is 52.5 Å². The van der Waals surface area contributed by atoms with Crippen molar-refractivity contribution >= 4 is 33.3 Å². The number of nitrogens with one attached hydrogen (secondary N) is 2. The fourth-order valence-corrected chi connectivity index (χ4v) is 3.66. The molecule has 0 atom stereocenters. The molecule has 0 heterocycles. The number of anilines is 2. The summed E-state index contributed by atoms with van der Waals surface area (Å²) in [5.41, 5.74) is 2.58. The zero-order valence-electron chi connectivity index (χ0n) is 16.5. The van der Waals surface area contributed by atoms with Gasteiger partial charge >= 0.3 is 0 Å². The SMILES string of the molecule is CCC(/C=N/Nc1ccc(S(=O)(=O)Nc2ccccc2OC)cc1[N+](=O)[O-])CC. The summed E-state index contributed by atoms with van der Waals surface area (Å²) in [6.07, 6.45) is 3.49. The monoisotopic (exact) mass is 420 g/mol. The zero-order chi connectivity index (χ0) is 21.4. The third-order valence-corrected chi connectivity index (χ3v) is 5.71. The smallest absolute Gasteiger partial charge is 0.295 e. The molecule has 0 saturated carbocycles. The van der Waals surface area contributed by atoms with E-state index in [0.717, 1.165) is 18.9 Å². The fraction of sp³-hybridized carbons (Fsp3) is 0.316. The first-order chi connectivity index (χ1) is 13.8. The summed E-state index contributed by atoms with van der Waals surface area (Å²) < 4.78 is 32.9. The van der Waals surface area contributed by atoms with Crippen molar-refractivity contribution in [3.63, 3.8) is 0 Å². The van der Waals surface area contributed by atoms with Gasteiger partial charge in [-0.3, -0.25) is 20.3 Å². The summed E-state index contributed by atoms with van der Waals surface area (Å²) in [5.74, 6) is 0.589. The third-order valence-electron chi connectivity index (χ3n) is 4.35. The highest BCUT2D eigenvalue weighted by Crippen LogP contribution is 2.30. The van der Waals surface area contributed by atoms with Gasteiger partial charge < -0.3 is 4.74 Å². The molecule has 0 aliphatic carbocycles. The van der Waals surface area contributed by atoms with Crippen molar-refractivity contribution in [2.45, 2.75) is 31.6 Å². The average molecular weight is 420 g/mol. The largest absolute Gasteiger partial charge is 0.495 e. The Morgan fingerprint density at radius 3 is 2.48 bits per heavy atom. The first-order valence-electron chi connectivity index (χ1n) is 9.05. The van der Waals surface area contributed by atoms with Crippen LogP contribution >= 0.6 is 0 Å². The second kappa shape index (κ2) is 9.87. The molecule has 2 rings (SSSR count). The Labute approximate surface area is 170 Å². The van der Waals surface area contributed by atoms with Gasteiger partial charge in [0.1, 0.15) is 11.4 Å². The molecule has 0 radical (unpaired) electrons. The van der Waals surface area contributed by atoms with Crippen molar-refractivity contribution in [1.29, 1.82) is 0 Å². The summed E-state index contributed by atoms with van der Waals surface area (Å²) in [5, 5.41) is 15.5. The van der Waals surface area contributed by atoms with Crippen LogP contribution in [0, 0.1) is 16.0 Å². The number of hydrogen-bond acceptors (Lipinski definition) is 7. The minimum atomic E-state index is -4.06. The molecule has 0 spiro atoms. The Morgan fingerprint density at radius 1 is 1.17 bits per heavy atom. The lowest BCUT2D eigenvalue weighted by atomic mass is 10.1. The molecule has 0 amide bonds. The molecule has 2 N–H and O–H groups in total. The number of rotatable bonds is 10. The van der Waals surface area contributed by atoms with Crippen LogP contribution in [0.2, 0.25) is 0 Å². The molecule has 9 nitrogen and oxygen atoms in total. The number of sulfonamides is 1. The Balaban J connectivity index is 2.32. The topological polar surface area (TPSA) is 123 Å². The summed E-state index contributed by atoms with van der Waals surface area (Å²) >= 11 is 0. The van der Waals surface area contributed by atoms with Crippen LogP contribution in [0.5, 0.6) is 5.75 Å². The van der Waals surface area contributed by atoms with E-state index in [9.17, 15) is 18.5 Å². The van der Waals surface area contributed by atoms with Gasteiger partial charge in [0, 0.05) is 12.3 Å². The summed E-state index contributed by atoms with van der Waals surface area (Å²) in [6.45, 7) is 4.05. The molecule has 2 aromatic rings. The van der Waals surface area contributed by atoms with Crippen molar-refractivity contribution < 1.29 is 18.1 Å². The highest BCUT2D eigenvalue weighted by molar-refractivity contribution is 7.92. The van der Waals surface area contributed by atoms with E-state index in [1.165, 1.54) is 25.3 Å². The van der Waals surface area contributed by atoms with Crippen molar-refractivity contribution in [3.05, 3.63) is 52.6 Å². The molecule has 0 saturated heterocycles. The van der Waals surface area contributed by atoms with E-state index in [-0.39, 0.29) is 22.2 Å². The summed E-state index contributed by atoms with van der Waals surface area (Å²) in [4.78, 5) is 10.5. The normalized spacial score (nSPS) is 11.6. The number of benzene rings is 2. The average Bonchev–Trinajstić information content (AvgIpc) is 2.71. The van der Waals surface area contributed by atoms with Gasteiger partial charge in [0.15, 0.2) is 0 Å². The Kier molecular flexibility index (Phi) is 7.54. The van der Waals surface area contributed by atoms with Crippen LogP contribution in [-0.4, -0.2) is 26.7 Å². The molecule has 0 unspecified atom stereocenters. The second-order valence-electron chi connectivity index (χ2n) is 6.21. The van der Waals surface area contributed by atoms with Crippen molar-refractivity contribution in [3.8, 4) is 5.75 Å². The van der Waals surface area contributed by atoms with Gasteiger partial charge in [-0.15, -0.1) is 0 Å². The number of para-hydroxylation sites is 2. The summed E-state index contributed by atoms with van der Waals surface area (Å²) in [7, 11) is -2.64. The predicted molar refractivity (Wildman–Crippen MR) is 113 cm³/mol. The first kappa shape index (κ1) is 22.2. The lowest BCUT2D eigenvalue weighted by Crippen LogP contribution is -2.14. The number of nitrogens with zero attached hydrogens (tertiary/aromatic N) is 2. The minimum absolute atomic E-state index is 0.105. The molecule has 2 aromatic carbocycles. The second-order valence-corrected chi connectivity index (χ2v) is 7.89. The molecule has 0 bridgehead atoms. The van der Waals surface area contributed by atoms with Gasteiger partial charge in [0.2, 0.25) is 0 Å². The maximum absolute atomic E-state index is 12.7. The van der Waals surface area contributed by atoms with E-state index >= 15 is 0 Å². The number of methoxy groups -OCH3 is 1. The van der Waals surface area contributed by atoms with Gasteiger partial charge in [-0.05, 0) is 43.0 Å². The van der Waals surface area contributed by atoms with E-state index in [1.54, 1.807) is 24.4 Å². The van der Waals surface area contributed by atoms with Crippen LogP contribution < -0.4 is 14.9 Å². The van der Waals surface area contributed by atoms with Crippen molar-refractivity contribution in [2.75, 3.05) is 17.3 Å². The van der Waals surface area contributed by atoms with E-state index < -0.39 is 20.6 Å². The molecule has 0 aliphatic heterocycles. The minimum Gasteiger partial charge on any atom is -0.495 e. The first-order valence-corrected chi connectivity index (χ1v) is 10.5. The van der Waals surface area contributed by atoms with E-state index in [1.807, 2.05) is 13.8 Å². The number of hydrogen-bond donors (Lipinski definition) is 2. The molecular weight excluding hydrogens is 396 g/mol. The van der Waals surface area contributed by atoms with Gasteiger partial charge in [0.25, 0.3) is 15.7 Å². The molecule has 29 heavy (non-hydrogen) atoms. The molecule has 10 heteroatoms. The standard InChI is InChI=1S/C19H24N4O5S/c1-4-14(5-2)13-20-21-16-11-10-15(12-18(16)23(24)25)29(26,27)22-17-8-6-7-9-19(17)28-3/h6-14,21-22H,4-5H2,1-3H3/b20-13+. The van der Waals surface area contributed by atoms with E-state index in [4.69, 9.17) is 4.74 Å². The van der Waals surface area contributed by atoms with Gasteiger partial charge in [-0.25, -0.2) is 8.42 Å². The van der Waals surface area contributed by atoms with Crippen LogP contribution in [0.1, 0.15) is 26.7 Å². The van der Waals surface area contributed by atoms with Crippen molar-refractivity contribution in [2.24, 2.45) is 11.0 Å². The number of ether oxygens (including phenoxy) is 1. The van der Waals surface area contributed by atoms with E-state index in [0.29, 0.717) is 5.75 Å². The Bertz CT molecular complexity index is 988. The van der Waals surface area contributed by atoms with Gasteiger partial charge in [0.05, 0.1) is 22.6 Å². The molecule has 0 aromatic heterocycles. The van der Waals surface area contributed by atoms with Crippen LogP contribution in [0.25, 0.3) is 0 Å². The molecule has 0 fully saturated rings. The fourth-order valence-electron chi connectivity index (χ4n) is 2.57. The van der Waals surface area contributed by atoms with Crippen LogP contribution in [0.3, 0.4) is 0 Å². The maximum Gasteiger partial charge on any atom is 0.295 e. The number of hydrazone groups is 1. The number of nitro benzene ring substituents is 1. The van der Waals surface area contributed by atoms with Gasteiger partial charge in [-0.1, -0.05) is 26.0 Å². The maximum atomic E-state index is 12.7. The third kappa shape index (κ3) is 5.67. The highest BCUT2D eigenvalue weighted by atomic mass is 32.2. The number of nitro groups is 1. The summed E-state index contributed by atoms with van der Waals surface area (Å²) in [6, 6.07) is 10.1. The Morgan fingerprint density at radius 2 is 1.86 bits per heavy atom. The zero-order valence-corrected chi connectivity index (χ0v) is 17.3. The Hall–Kier alpha value is -3.14. The molecule has 156 valence electrons. The lowest BCUT2D eigenvalue weighted by Gasteiger charge is -2.12. The predicted octanol–water partition coefficient (Wildman–Crippen LogP) is 4.24.